The lowest BCUT2D eigenvalue weighted by Crippen LogP contribution is -2.00. The molecule has 0 aromatic heterocycles. The highest BCUT2D eigenvalue weighted by Crippen LogP contribution is 2.28. The number of ether oxygens (including phenoxy) is 2. The van der Waals surface area contributed by atoms with E-state index in [0.717, 1.165) is 21.3 Å². The van der Waals surface area contributed by atoms with E-state index in [-0.39, 0.29) is 6.61 Å². The molecule has 4 heteroatoms. The Balaban J connectivity index is 1.68. The predicted octanol–water partition coefficient (Wildman–Crippen LogP) is 5.37. The summed E-state index contributed by atoms with van der Waals surface area (Å²) < 4.78 is 11.6. The van der Waals surface area contributed by atoms with Gasteiger partial charge in [0.15, 0.2) is 6.61 Å². The highest BCUT2D eigenvalue weighted by Gasteiger charge is 2.05. The molecule has 0 atom stereocenters. The number of fused-ring (bicyclic) bond motifs is 1. The first-order valence-electron chi connectivity index (χ1n) is 8.34. The van der Waals surface area contributed by atoms with Crippen LogP contribution in [0.15, 0.2) is 71.2 Å². The Morgan fingerprint density at radius 2 is 1.93 bits per heavy atom. The number of hydrogen-bond acceptors (Lipinski definition) is 3. The van der Waals surface area contributed by atoms with Crippen molar-refractivity contribution in [3.05, 3.63) is 82.3 Å². The van der Waals surface area contributed by atoms with E-state index in [0.29, 0.717) is 6.61 Å². The fourth-order valence-electron chi connectivity index (χ4n) is 2.64. The van der Waals surface area contributed by atoms with Crippen LogP contribution in [0.5, 0.6) is 5.75 Å². The lowest BCUT2D eigenvalue weighted by molar-refractivity contribution is -0.136. The van der Waals surface area contributed by atoms with Crippen LogP contribution in [0.2, 0.25) is 0 Å². The average Bonchev–Trinajstić information content (AvgIpc) is 2.70. The van der Waals surface area contributed by atoms with Gasteiger partial charge in [-0.15, -0.1) is 6.42 Å². The van der Waals surface area contributed by atoms with Crippen molar-refractivity contribution >= 4 is 38.7 Å². The van der Waals surface area contributed by atoms with Crippen LogP contribution in [-0.2, 0) is 16.1 Å². The lowest BCUT2D eigenvalue weighted by Gasteiger charge is -2.11. The molecule has 0 aliphatic rings. The minimum Gasteiger partial charge on any atom is -0.488 e. The average molecular weight is 421 g/mol. The van der Waals surface area contributed by atoms with Gasteiger partial charge in [-0.2, -0.15) is 0 Å². The molecule has 134 valence electrons. The molecule has 3 aromatic rings. The van der Waals surface area contributed by atoms with E-state index in [1.165, 1.54) is 16.8 Å². The maximum Gasteiger partial charge on any atom is 0.331 e. The fraction of sp³-hybridized carbons (Fsp3) is 0.0870. The molecular formula is C23H17BrO3. The van der Waals surface area contributed by atoms with E-state index in [1.807, 2.05) is 36.4 Å². The Kier molecular flexibility index (Phi) is 6.30. The fourth-order valence-corrected chi connectivity index (χ4v) is 3.15. The van der Waals surface area contributed by atoms with Crippen LogP contribution in [0.4, 0.5) is 0 Å². The minimum atomic E-state index is -0.472. The van der Waals surface area contributed by atoms with Gasteiger partial charge in [0.25, 0.3) is 0 Å². The number of carbonyl (C=O) groups excluding carboxylic acids is 1. The smallest absolute Gasteiger partial charge is 0.331 e. The van der Waals surface area contributed by atoms with Gasteiger partial charge >= 0.3 is 5.97 Å². The molecule has 0 aliphatic heterocycles. The maximum atomic E-state index is 11.5. The summed E-state index contributed by atoms with van der Waals surface area (Å²) in [5, 5.41) is 2.37. The van der Waals surface area contributed by atoms with Gasteiger partial charge in [-0.25, -0.2) is 4.79 Å². The number of halogens is 1. The van der Waals surface area contributed by atoms with E-state index in [2.05, 4.69) is 46.1 Å². The van der Waals surface area contributed by atoms with Gasteiger partial charge in [-0.05, 0) is 56.0 Å². The molecule has 0 fully saturated rings. The molecule has 3 aromatic carbocycles. The van der Waals surface area contributed by atoms with Crippen molar-refractivity contribution in [2.24, 2.45) is 0 Å². The third-order valence-electron chi connectivity index (χ3n) is 3.93. The van der Waals surface area contributed by atoms with E-state index < -0.39 is 5.97 Å². The summed E-state index contributed by atoms with van der Waals surface area (Å²) >= 11 is 3.52. The molecule has 0 N–H and O–H groups in total. The largest absolute Gasteiger partial charge is 0.488 e. The van der Waals surface area contributed by atoms with E-state index in [1.54, 1.807) is 6.08 Å². The molecule has 0 saturated carbocycles. The Labute approximate surface area is 166 Å². The first-order valence-corrected chi connectivity index (χ1v) is 9.14. The van der Waals surface area contributed by atoms with Gasteiger partial charge in [0, 0.05) is 6.08 Å². The van der Waals surface area contributed by atoms with Gasteiger partial charge in [0.2, 0.25) is 0 Å². The van der Waals surface area contributed by atoms with Gasteiger partial charge in [-0.1, -0.05) is 54.5 Å². The minimum absolute atomic E-state index is 0.0339. The third kappa shape index (κ3) is 4.99. The van der Waals surface area contributed by atoms with Crippen molar-refractivity contribution in [3.8, 4) is 18.1 Å². The van der Waals surface area contributed by atoms with Gasteiger partial charge in [-0.3, -0.25) is 0 Å². The van der Waals surface area contributed by atoms with E-state index in [9.17, 15) is 4.79 Å². The molecule has 27 heavy (non-hydrogen) atoms. The van der Waals surface area contributed by atoms with Crippen molar-refractivity contribution in [2.75, 3.05) is 6.61 Å². The molecule has 3 nitrogen and oxygen atoms in total. The topological polar surface area (TPSA) is 35.5 Å². The monoisotopic (exact) mass is 420 g/mol. The summed E-state index contributed by atoms with van der Waals surface area (Å²) in [6, 6.07) is 20.0. The number of rotatable bonds is 6. The van der Waals surface area contributed by atoms with Gasteiger partial charge < -0.3 is 9.47 Å². The SMILES string of the molecule is C#CCOC(=O)/C=C/c1ccc(OCc2cccc3ccccc23)c(Br)c1. The first-order chi connectivity index (χ1) is 13.2. The highest BCUT2D eigenvalue weighted by molar-refractivity contribution is 9.10. The Morgan fingerprint density at radius 3 is 2.74 bits per heavy atom. The second-order valence-electron chi connectivity index (χ2n) is 5.76. The summed E-state index contributed by atoms with van der Waals surface area (Å²) in [7, 11) is 0. The predicted molar refractivity (Wildman–Crippen MR) is 111 cm³/mol. The third-order valence-corrected chi connectivity index (χ3v) is 4.55. The maximum absolute atomic E-state index is 11.5. The number of hydrogen-bond donors (Lipinski definition) is 0. The van der Waals surface area contributed by atoms with Crippen LogP contribution in [0.1, 0.15) is 11.1 Å². The van der Waals surface area contributed by atoms with Crippen molar-refractivity contribution in [2.45, 2.75) is 6.61 Å². The highest BCUT2D eigenvalue weighted by atomic mass is 79.9. The Bertz CT molecular complexity index is 1030. The van der Waals surface area contributed by atoms with Crippen LogP contribution in [0.3, 0.4) is 0 Å². The molecule has 0 aliphatic carbocycles. The van der Waals surface area contributed by atoms with Crippen LogP contribution < -0.4 is 4.74 Å². The Morgan fingerprint density at radius 1 is 1.11 bits per heavy atom. The van der Waals surface area contributed by atoms with Crippen LogP contribution in [0, 0.1) is 12.3 Å². The summed E-state index contributed by atoms with van der Waals surface area (Å²) in [6.07, 6.45) is 8.06. The van der Waals surface area contributed by atoms with E-state index >= 15 is 0 Å². The summed E-state index contributed by atoms with van der Waals surface area (Å²) in [5.74, 6) is 2.51. The lowest BCUT2D eigenvalue weighted by atomic mass is 10.1. The van der Waals surface area contributed by atoms with Crippen molar-refractivity contribution < 1.29 is 14.3 Å². The zero-order chi connectivity index (χ0) is 19.1. The Hall–Kier alpha value is -3.03. The molecule has 3 rings (SSSR count). The molecule has 0 amide bonds. The van der Waals surface area contributed by atoms with Crippen LogP contribution in [-0.4, -0.2) is 12.6 Å². The molecule has 0 radical (unpaired) electrons. The number of benzene rings is 3. The van der Waals surface area contributed by atoms with Gasteiger partial charge in [0.1, 0.15) is 12.4 Å². The van der Waals surface area contributed by atoms with E-state index in [4.69, 9.17) is 15.9 Å². The van der Waals surface area contributed by atoms with Crippen molar-refractivity contribution in [1.29, 1.82) is 0 Å². The van der Waals surface area contributed by atoms with Gasteiger partial charge in [0.05, 0.1) is 4.47 Å². The molecular weight excluding hydrogens is 404 g/mol. The normalized spacial score (nSPS) is 10.7. The standard InChI is InChI=1S/C23H17BrO3/c1-2-14-26-23(25)13-11-17-10-12-22(21(24)15-17)27-16-19-8-5-7-18-6-3-4-9-20(18)19/h1,3-13,15H,14,16H2/b13-11+. The van der Waals surface area contributed by atoms with Crippen molar-refractivity contribution in [1.82, 2.24) is 0 Å². The van der Waals surface area contributed by atoms with Crippen LogP contribution in [0.25, 0.3) is 16.8 Å². The summed E-state index contributed by atoms with van der Waals surface area (Å²) in [4.78, 5) is 11.5. The molecule has 0 bridgehead atoms. The molecule has 0 saturated heterocycles. The second kappa shape index (κ2) is 9.07. The molecule has 0 unspecified atom stereocenters. The summed E-state index contributed by atoms with van der Waals surface area (Å²) in [6.45, 7) is 0.432. The molecule has 0 heterocycles. The zero-order valence-corrected chi connectivity index (χ0v) is 16.1. The first kappa shape index (κ1) is 18.8. The second-order valence-corrected chi connectivity index (χ2v) is 6.62. The number of esters is 1. The zero-order valence-electron chi connectivity index (χ0n) is 14.5. The summed E-state index contributed by atoms with van der Waals surface area (Å²) in [5.41, 5.74) is 1.97. The van der Waals surface area contributed by atoms with Crippen molar-refractivity contribution in [3.63, 3.8) is 0 Å². The quantitative estimate of drug-likeness (QED) is 0.305. The number of carbonyl (C=O) groups is 1. The number of terminal acetylenes is 1. The molecule has 0 spiro atoms. The van der Waals surface area contributed by atoms with Crippen LogP contribution >= 0.6 is 15.9 Å².